The Balaban J connectivity index is 1.53. The summed E-state index contributed by atoms with van der Waals surface area (Å²) < 4.78 is 5.43. The second-order valence-electron chi connectivity index (χ2n) is 8.00. The molecule has 7 heteroatoms. The van der Waals surface area contributed by atoms with E-state index in [-0.39, 0.29) is 11.7 Å². The van der Waals surface area contributed by atoms with Gasteiger partial charge in [0.2, 0.25) is 0 Å². The van der Waals surface area contributed by atoms with Crippen LogP contribution < -0.4 is 15.4 Å². The molecule has 1 fully saturated rings. The van der Waals surface area contributed by atoms with Gasteiger partial charge in [0.15, 0.2) is 11.5 Å². The molecule has 1 aromatic heterocycles. The van der Waals surface area contributed by atoms with Gasteiger partial charge >= 0.3 is 0 Å². The Kier molecular flexibility index (Phi) is 6.21. The molecule has 0 radical (unpaired) electrons. The summed E-state index contributed by atoms with van der Waals surface area (Å²) in [7, 11) is 0. The first kappa shape index (κ1) is 20.9. The van der Waals surface area contributed by atoms with Crippen LogP contribution in [0.4, 0.5) is 0 Å². The van der Waals surface area contributed by atoms with Crippen LogP contribution in [0, 0.1) is 0 Å². The molecule has 0 unspecified atom stereocenters. The molecule has 3 N–H and O–H groups in total. The van der Waals surface area contributed by atoms with Crippen molar-refractivity contribution in [2.45, 2.75) is 51.5 Å². The summed E-state index contributed by atoms with van der Waals surface area (Å²) in [5.74, 6) is 0.0697. The van der Waals surface area contributed by atoms with Gasteiger partial charge < -0.3 is 15.2 Å². The molecule has 162 valence electrons. The highest BCUT2D eigenvalue weighted by molar-refractivity contribution is 6.31. The second kappa shape index (κ2) is 9.20. The first-order valence-electron chi connectivity index (χ1n) is 10.8. The van der Waals surface area contributed by atoms with E-state index in [1.165, 1.54) is 30.7 Å². The number of fused-ring (bicyclic) bond motifs is 1. The van der Waals surface area contributed by atoms with Crippen LogP contribution in [-0.4, -0.2) is 28.5 Å². The number of pyridine rings is 1. The van der Waals surface area contributed by atoms with Gasteiger partial charge in [-0.1, -0.05) is 25.8 Å². The summed E-state index contributed by atoms with van der Waals surface area (Å²) in [4.78, 5) is 29.1. The van der Waals surface area contributed by atoms with E-state index in [0.29, 0.717) is 47.2 Å². The maximum Gasteiger partial charge on any atom is 0.260 e. The van der Waals surface area contributed by atoms with Crippen LogP contribution in [-0.2, 0) is 11.3 Å². The lowest BCUT2D eigenvalue weighted by Gasteiger charge is -2.21. The molecule has 1 aliphatic heterocycles. The number of aromatic hydroxyl groups is 1. The van der Waals surface area contributed by atoms with Crippen LogP contribution in [0.15, 0.2) is 36.7 Å². The lowest BCUT2D eigenvalue weighted by molar-refractivity contribution is -0.114. The minimum absolute atomic E-state index is 0.0282. The Morgan fingerprint density at radius 2 is 2.00 bits per heavy atom. The highest BCUT2D eigenvalue weighted by atomic mass is 16.5. The molecule has 4 rings (SSSR count). The molecule has 1 aliphatic carbocycles. The van der Waals surface area contributed by atoms with Gasteiger partial charge in [-0.2, -0.15) is 0 Å². The Morgan fingerprint density at radius 3 is 2.74 bits per heavy atom. The number of carbonyl (C=O) groups is 2. The second-order valence-corrected chi connectivity index (χ2v) is 8.00. The number of nitrogens with zero attached hydrogens (tertiary/aromatic N) is 1. The lowest BCUT2D eigenvalue weighted by atomic mass is 9.89. The van der Waals surface area contributed by atoms with Gasteiger partial charge in [0, 0.05) is 23.4 Å². The highest BCUT2D eigenvalue weighted by Crippen LogP contribution is 2.36. The molecule has 0 saturated heterocycles. The molecule has 31 heavy (non-hydrogen) atoms. The molecular formula is C24H27N3O4. The molecule has 0 spiro atoms. The fourth-order valence-electron chi connectivity index (χ4n) is 4.15. The molecule has 2 heterocycles. The van der Waals surface area contributed by atoms with Crippen LogP contribution in [0.3, 0.4) is 0 Å². The monoisotopic (exact) mass is 421 g/mol. The van der Waals surface area contributed by atoms with Gasteiger partial charge in [0.05, 0.1) is 30.6 Å². The van der Waals surface area contributed by atoms with Crippen molar-refractivity contribution in [1.29, 1.82) is 0 Å². The molecule has 7 nitrogen and oxygen atoms in total. The van der Waals surface area contributed by atoms with Crippen molar-refractivity contribution in [2.24, 2.45) is 0 Å². The van der Waals surface area contributed by atoms with E-state index in [4.69, 9.17) is 4.74 Å². The molecule has 2 aromatic rings. The number of ether oxygens (including phenoxy) is 1. The third kappa shape index (κ3) is 4.55. The van der Waals surface area contributed by atoms with Crippen molar-refractivity contribution in [2.75, 3.05) is 6.61 Å². The number of benzene rings is 1. The van der Waals surface area contributed by atoms with E-state index >= 15 is 0 Å². The van der Waals surface area contributed by atoms with E-state index < -0.39 is 5.91 Å². The number of rotatable bonds is 7. The molecule has 0 atom stereocenters. The van der Waals surface area contributed by atoms with Gasteiger partial charge in [-0.25, -0.2) is 0 Å². The van der Waals surface area contributed by atoms with Crippen LogP contribution in [0.5, 0.6) is 11.5 Å². The number of aromatic nitrogens is 1. The Hall–Kier alpha value is -3.35. The van der Waals surface area contributed by atoms with E-state index in [0.717, 1.165) is 19.3 Å². The fourth-order valence-corrected chi connectivity index (χ4v) is 4.15. The van der Waals surface area contributed by atoms with Crippen molar-refractivity contribution in [1.82, 2.24) is 15.6 Å². The van der Waals surface area contributed by atoms with Crippen molar-refractivity contribution in [3.05, 3.63) is 59.0 Å². The number of hydrogen-bond acceptors (Lipinski definition) is 6. The maximum atomic E-state index is 12.5. The summed E-state index contributed by atoms with van der Waals surface area (Å²) in [5, 5.41) is 15.6. The molecule has 2 amide bonds. The normalized spacial score (nSPS) is 17.5. The quantitative estimate of drug-likeness (QED) is 0.466. The SMILES string of the molecule is CCCOc1cnc(CN/C=C2\C(=O)NC(=O)c3ccc(C4CCCC4)cc32)cc1O. The van der Waals surface area contributed by atoms with Crippen molar-refractivity contribution >= 4 is 17.4 Å². The minimum atomic E-state index is -0.423. The fraction of sp³-hybridized carbons (Fsp3) is 0.375. The first-order chi connectivity index (χ1) is 15.1. The minimum Gasteiger partial charge on any atom is -0.504 e. The molecule has 0 bridgehead atoms. The smallest absolute Gasteiger partial charge is 0.260 e. The number of carbonyl (C=O) groups excluding carboxylic acids is 2. The average molecular weight is 421 g/mol. The predicted molar refractivity (Wildman–Crippen MR) is 117 cm³/mol. The van der Waals surface area contributed by atoms with E-state index in [2.05, 4.69) is 15.6 Å². The van der Waals surface area contributed by atoms with Gasteiger partial charge in [0.1, 0.15) is 0 Å². The lowest BCUT2D eigenvalue weighted by Crippen LogP contribution is -2.37. The van der Waals surface area contributed by atoms with Crippen molar-refractivity contribution in [3.8, 4) is 11.5 Å². The molecule has 1 aromatic carbocycles. The van der Waals surface area contributed by atoms with Crippen molar-refractivity contribution < 1.29 is 19.4 Å². The maximum absolute atomic E-state index is 12.5. The Labute approximate surface area is 181 Å². The van der Waals surface area contributed by atoms with Crippen LogP contribution in [0.1, 0.15) is 72.1 Å². The number of nitrogens with one attached hydrogen (secondary N) is 2. The van der Waals surface area contributed by atoms with Gasteiger partial charge in [-0.15, -0.1) is 0 Å². The van der Waals surface area contributed by atoms with Gasteiger partial charge in [0.25, 0.3) is 11.8 Å². The summed E-state index contributed by atoms with van der Waals surface area (Å²) in [6.07, 6.45) is 8.65. The summed E-state index contributed by atoms with van der Waals surface area (Å²) in [6.45, 7) is 2.80. The topological polar surface area (TPSA) is 101 Å². The van der Waals surface area contributed by atoms with Gasteiger partial charge in [-0.05, 0) is 42.9 Å². The third-order valence-corrected chi connectivity index (χ3v) is 5.77. The average Bonchev–Trinajstić information content (AvgIpc) is 3.30. The number of imide groups is 1. The zero-order chi connectivity index (χ0) is 21.8. The van der Waals surface area contributed by atoms with Crippen LogP contribution in [0.2, 0.25) is 0 Å². The van der Waals surface area contributed by atoms with Crippen LogP contribution >= 0.6 is 0 Å². The standard InChI is InChI=1S/C24H27N3O4/c1-2-9-31-22-14-26-17(11-21(22)28)12-25-13-20-19-10-16(15-5-3-4-6-15)7-8-18(19)23(29)27-24(20)30/h7-8,10-11,13-15,25H,2-6,9,12H2,1H3,(H,26,28)(H,27,29,30)/b20-13-. The molecule has 2 aliphatic rings. The highest BCUT2D eigenvalue weighted by Gasteiger charge is 2.28. The zero-order valence-corrected chi connectivity index (χ0v) is 17.6. The Bertz CT molecular complexity index is 1030. The third-order valence-electron chi connectivity index (χ3n) is 5.77. The molecular weight excluding hydrogens is 394 g/mol. The number of hydrogen-bond donors (Lipinski definition) is 3. The van der Waals surface area contributed by atoms with E-state index in [1.54, 1.807) is 6.20 Å². The summed E-state index contributed by atoms with van der Waals surface area (Å²) in [6, 6.07) is 7.34. The predicted octanol–water partition coefficient (Wildman–Crippen LogP) is 3.63. The largest absolute Gasteiger partial charge is 0.504 e. The summed E-state index contributed by atoms with van der Waals surface area (Å²) >= 11 is 0. The molecule has 1 saturated carbocycles. The first-order valence-corrected chi connectivity index (χ1v) is 10.8. The Morgan fingerprint density at radius 1 is 1.19 bits per heavy atom. The van der Waals surface area contributed by atoms with Crippen molar-refractivity contribution in [3.63, 3.8) is 0 Å². The van der Waals surface area contributed by atoms with E-state index in [9.17, 15) is 14.7 Å². The van der Waals surface area contributed by atoms with Crippen LogP contribution in [0.25, 0.3) is 5.57 Å². The van der Waals surface area contributed by atoms with Gasteiger partial charge in [-0.3, -0.25) is 19.9 Å². The number of amides is 2. The zero-order valence-electron chi connectivity index (χ0n) is 17.6. The summed E-state index contributed by atoms with van der Waals surface area (Å²) in [5.41, 5.74) is 3.36. The van der Waals surface area contributed by atoms with E-state index in [1.807, 2.05) is 25.1 Å².